The molecule has 13 heavy (non-hydrogen) atoms. The van der Waals surface area contributed by atoms with Crippen LogP contribution in [-0.2, 0) is 6.42 Å². The molecule has 1 aromatic heterocycles. The van der Waals surface area contributed by atoms with Gasteiger partial charge in [0.15, 0.2) is 0 Å². The van der Waals surface area contributed by atoms with Gasteiger partial charge in [0.05, 0.1) is 17.1 Å². The van der Waals surface area contributed by atoms with Crippen LogP contribution in [0.3, 0.4) is 0 Å². The van der Waals surface area contributed by atoms with Crippen LogP contribution in [0.15, 0.2) is 18.2 Å². The first kappa shape index (κ1) is 7.81. The molecule has 0 saturated carbocycles. The van der Waals surface area contributed by atoms with Crippen molar-refractivity contribution in [3.05, 3.63) is 29.5 Å². The van der Waals surface area contributed by atoms with Gasteiger partial charge in [-0.05, 0) is 24.6 Å². The lowest BCUT2D eigenvalue weighted by atomic mass is 10.1. The zero-order chi connectivity index (χ0) is 9.26. The Morgan fingerprint density at radius 2 is 2.38 bits per heavy atom. The van der Waals surface area contributed by atoms with Crippen LogP contribution < -0.4 is 0 Å². The van der Waals surface area contributed by atoms with Crippen molar-refractivity contribution in [2.24, 2.45) is 0 Å². The average molecular weight is 171 g/mol. The second kappa shape index (κ2) is 2.91. The van der Waals surface area contributed by atoms with E-state index in [0.717, 1.165) is 23.0 Å². The number of hydrogen-bond acceptors (Lipinski definition) is 2. The minimum absolute atomic E-state index is 0.654. The molecule has 0 spiro atoms. The molecule has 0 amide bonds. The summed E-state index contributed by atoms with van der Waals surface area (Å²) in [5.74, 6) is 0. The van der Waals surface area contributed by atoms with Crippen LogP contribution in [0.1, 0.15) is 18.2 Å². The summed E-state index contributed by atoms with van der Waals surface area (Å²) in [6.07, 6.45) is 0.933. The van der Waals surface area contributed by atoms with Gasteiger partial charge in [-0.15, -0.1) is 0 Å². The molecule has 0 aliphatic carbocycles. The molecule has 0 saturated heterocycles. The summed E-state index contributed by atoms with van der Waals surface area (Å²) >= 11 is 0. The fraction of sp³-hybridized carbons (Fsp3) is 0.200. The van der Waals surface area contributed by atoms with Crippen LogP contribution in [0.4, 0.5) is 0 Å². The van der Waals surface area contributed by atoms with Gasteiger partial charge in [-0.2, -0.15) is 10.4 Å². The van der Waals surface area contributed by atoms with Crippen LogP contribution >= 0.6 is 0 Å². The number of H-pyrrole nitrogens is 1. The Morgan fingerprint density at radius 3 is 3.08 bits per heavy atom. The van der Waals surface area contributed by atoms with Gasteiger partial charge in [-0.3, -0.25) is 5.10 Å². The minimum Gasteiger partial charge on any atom is -0.281 e. The molecule has 1 aromatic carbocycles. The highest BCUT2D eigenvalue weighted by molar-refractivity contribution is 5.82. The first-order valence-corrected chi connectivity index (χ1v) is 4.22. The summed E-state index contributed by atoms with van der Waals surface area (Å²) < 4.78 is 0. The monoisotopic (exact) mass is 171 g/mol. The Morgan fingerprint density at radius 1 is 1.54 bits per heavy atom. The van der Waals surface area contributed by atoms with Crippen LogP contribution in [0.25, 0.3) is 10.9 Å². The van der Waals surface area contributed by atoms with E-state index in [0.29, 0.717) is 5.56 Å². The Labute approximate surface area is 76.0 Å². The first-order valence-electron chi connectivity index (χ1n) is 4.22. The maximum atomic E-state index is 8.67. The van der Waals surface area contributed by atoms with E-state index in [4.69, 9.17) is 5.26 Å². The van der Waals surface area contributed by atoms with E-state index < -0.39 is 0 Å². The minimum atomic E-state index is 0.654. The van der Waals surface area contributed by atoms with Crippen molar-refractivity contribution in [1.82, 2.24) is 10.2 Å². The van der Waals surface area contributed by atoms with Gasteiger partial charge in [-0.1, -0.05) is 6.92 Å². The quantitative estimate of drug-likeness (QED) is 0.713. The Hall–Kier alpha value is -1.82. The van der Waals surface area contributed by atoms with Crippen LogP contribution in [0.2, 0.25) is 0 Å². The van der Waals surface area contributed by atoms with E-state index >= 15 is 0 Å². The van der Waals surface area contributed by atoms with Crippen LogP contribution in [-0.4, -0.2) is 10.2 Å². The van der Waals surface area contributed by atoms with Crippen molar-refractivity contribution in [3.63, 3.8) is 0 Å². The smallest absolute Gasteiger partial charge is 0.0992 e. The Bertz CT molecular complexity index is 476. The Balaban J connectivity index is 2.70. The lowest BCUT2D eigenvalue weighted by molar-refractivity contribution is 0.988. The number of rotatable bonds is 1. The van der Waals surface area contributed by atoms with E-state index in [1.807, 2.05) is 12.1 Å². The fourth-order valence-electron chi connectivity index (χ4n) is 1.41. The van der Waals surface area contributed by atoms with Gasteiger partial charge in [0.2, 0.25) is 0 Å². The van der Waals surface area contributed by atoms with E-state index in [1.165, 1.54) is 0 Å². The number of aromatic nitrogens is 2. The predicted octanol–water partition coefficient (Wildman–Crippen LogP) is 2.00. The van der Waals surface area contributed by atoms with Crippen LogP contribution in [0.5, 0.6) is 0 Å². The number of nitrogens with zero attached hydrogens (tertiary/aromatic N) is 2. The summed E-state index contributed by atoms with van der Waals surface area (Å²) in [5, 5.41) is 16.9. The standard InChI is InChI=1S/C10H9N3/c1-2-9-8-4-3-7(6-11)5-10(8)13-12-9/h3-5H,2H2,1H3,(H,12,13). The van der Waals surface area contributed by atoms with Gasteiger partial charge >= 0.3 is 0 Å². The summed E-state index contributed by atoms with van der Waals surface area (Å²) in [4.78, 5) is 0. The van der Waals surface area contributed by atoms with Crippen molar-refractivity contribution in [1.29, 1.82) is 5.26 Å². The third-order valence-electron chi connectivity index (χ3n) is 2.12. The van der Waals surface area contributed by atoms with Crippen molar-refractivity contribution < 1.29 is 0 Å². The maximum absolute atomic E-state index is 8.67. The topological polar surface area (TPSA) is 52.5 Å². The van der Waals surface area contributed by atoms with Crippen molar-refractivity contribution in [3.8, 4) is 6.07 Å². The molecule has 0 radical (unpaired) electrons. The van der Waals surface area contributed by atoms with Crippen molar-refractivity contribution in [2.75, 3.05) is 0 Å². The molecule has 0 aliphatic heterocycles. The summed E-state index contributed by atoms with van der Waals surface area (Å²) in [6, 6.07) is 7.65. The van der Waals surface area contributed by atoms with E-state index in [2.05, 4.69) is 23.2 Å². The molecule has 1 heterocycles. The van der Waals surface area contributed by atoms with Gasteiger partial charge in [0.25, 0.3) is 0 Å². The molecule has 3 nitrogen and oxygen atoms in total. The molecule has 0 unspecified atom stereocenters. The Kier molecular flexibility index (Phi) is 1.75. The molecule has 0 aliphatic rings. The number of hydrogen-bond donors (Lipinski definition) is 1. The zero-order valence-electron chi connectivity index (χ0n) is 7.33. The third kappa shape index (κ3) is 1.17. The first-order chi connectivity index (χ1) is 6.35. The molecule has 3 heteroatoms. The van der Waals surface area contributed by atoms with Gasteiger partial charge < -0.3 is 0 Å². The number of nitriles is 1. The molecule has 2 rings (SSSR count). The average Bonchev–Trinajstić information content (AvgIpc) is 2.59. The number of nitrogens with one attached hydrogen (secondary N) is 1. The lowest BCUT2D eigenvalue weighted by Crippen LogP contribution is -1.79. The number of benzene rings is 1. The highest BCUT2D eigenvalue weighted by Crippen LogP contribution is 2.17. The SMILES string of the molecule is CCc1[nH]nc2cc(C#N)ccc12. The molecule has 2 aromatic rings. The number of aromatic amines is 1. The number of aryl methyl sites for hydroxylation is 1. The molecule has 0 bridgehead atoms. The van der Waals surface area contributed by atoms with Crippen molar-refractivity contribution in [2.45, 2.75) is 13.3 Å². The van der Waals surface area contributed by atoms with E-state index in [-0.39, 0.29) is 0 Å². The highest BCUT2D eigenvalue weighted by Gasteiger charge is 2.03. The lowest BCUT2D eigenvalue weighted by Gasteiger charge is -1.91. The van der Waals surface area contributed by atoms with Gasteiger partial charge in [0, 0.05) is 11.1 Å². The molecule has 0 atom stereocenters. The van der Waals surface area contributed by atoms with E-state index in [1.54, 1.807) is 6.07 Å². The molecule has 64 valence electrons. The molecule has 0 fully saturated rings. The summed E-state index contributed by atoms with van der Waals surface area (Å²) in [7, 11) is 0. The van der Waals surface area contributed by atoms with Crippen LogP contribution in [0, 0.1) is 11.3 Å². The summed E-state index contributed by atoms with van der Waals surface area (Å²) in [5.41, 5.74) is 2.65. The summed E-state index contributed by atoms with van der Waals surface area (Å²) in [6.45, 7) is 2.07. The fourth-order valence-corrected chi connectivity index (χ4v) is 1.41. The predicted molar refractivity (Wildman–Crippen MR) is 50.2 cm³/mol. The molecule has 1 N–H and O–H groups in total. The highest BCUT2D eigenvalue weighted by atomic mass is 15.1. The van der Waals surface area contributed by atoms with Gasteiger partial charge in [0.1, 0.15) is 0 Å². The normalized spacial score (nSPS) is 10.2. The van der Waals surface area contributed by atoms with E-state index in [9.17, 15) is 0 Å². The third-order valence-corrected chi connectivity index (χ3v) is 2.12. The number of fused-ring (bicyclic) bond motifs is 1. The maximum Gasteiger partial charge on any atom is 0.0992 e. The van der Waals surface area contributed by atoms with Crippen molar-refractivity contribution >= 4 is 10.9 Å². The zero-order valence-corrected chi connectivity index (χ0v) is 7.33. The largest absolute Gasteiger partial charge is 0.281 e. The van der Waals surface area contributed by atoms with Gasteiger partial charge in [-0.25, -0.2) is 0 Å². The molecular formula is C10H9N3. The second-order valence-electron chi connectivity index (χ2n) is 2.90. The second-order valence-corrected chi connectivity index (χ2v) is 2.90. The molecular weight excluding hydrogens is 162 g/mol.